The monoisotopic (exact) mass is 418 g/mol. The van der Waals surface area contributed by atoms with Crippen LogP contribution in [0.25, 0.3) is 22.5 Å². The molecule has 0 spiro atoms. The molecular formula is C23H26N6O2. The van der Waals surface area contributed by atoms with Crippen molar-refractivity contribution < 1.29 is 10.2 Å². The molecule has 8 nitrogen and oxygen atoms in total. The number of aliphatic hydroxyl groups excluding tert-OH is 2. The predicted octanol–water partition coefficient (Wildman–Crippen LogP) is 3.11. The van der Waals surface area contributed by atoms with E-state index in [0.29, 0.717) is 23.9 Å². The molecule has 4 aromatic rings. The van der Waals surface area contributed by atoms with Crippen LogP contribution < -0.4 is 0 Å². The summed E-state index contributed by atoms with van der Waals surface area (Å²) in [6.07, 6.45) is 2.89. The van der Waals surface area contributed by atoms with Crippen molar-refractivity contribution in [2.24, 2.45) is 0 Å². The molecule has 0 aliphatic rings. The number of tetrazole rings is 1. The van der Waals surface area contributed by atoms with Crippen molar-refractivity contribution in [2.75, 3.05) is 0 Å². The third-order valence-electron chi connectivity index (χ3n) is 5.41. The quantitative estimate of drug-likeness (QED) is 0.385. The average Bonchev–Trinajstić information content (AvgIpc) is 3.46. The van der Waals surface area contributed by atoms with E-state index < -0.39 is 0 Å². The van der Waals surface area contributed by atoms with E-state index in [-0.39, 0.29) is 13.2 Å². The van der Waals surface area contributed by atoms with Gasteiger partial charge in [0.2, 0.25) is 5.82 Å². The van der Waals surface area contributed by atoms with Crippen LogP contribution in [0, 0.1) is 0 Å². The van der Waals surface area contributed by atoms with Gasteiger partial charge in [0.25, 0.3) is 0 Å². The Balaban J connectivity index is 1.63. The summed E-state index contributed by atoms with van der Waals surface area (Å²) < 4.78 is 2.03. The van der Waals surface area contributed by atoms with Gasteiger partial charge in [0.15, 0.2) is 0 Å². The highest BCUT2D eigenvalue weighted by molar-refractivity contribution is 5.80. The Morgan fingerprint density at radius 3 is 2.39 bits per heavy atom. The van der Waals surface area contributed by atoms with Gasteiger partial charge in [0, 0.05) is 17.8 Å². The minimum absolute atomic E-state index is 0.120. The van der Waals surface area contributed by atoms with Gasteiger partial charge >= 0.3 is 0 Å². The fraction of sp³-hybridized carbons (Fsp3) is 0.304. The van der Waals surface area contributed by atoms with Crippen LogP contribution in [-0.2, 0) is 26.2 Å². The molecule has 8 heteroatoms. The Morgan fingerprint density at radius 2 is 1.74 bits per heavy atom. The highest BCUT2D eigenvalue weighted by atomic mass is 16.3. The third-order valence-corrected chi connectivity index (χ3v) is 5.41. The molecule has 4 rings (SSSR count). The molecule has 0 aliphatic heterocycles. The minimum Gasteiger partial charge on any atom is -0.390 e. The minimum atomic E-state index is -0.157. The number of rotatable bonds is 9. The summed E-state index contributed by atoms with van der Waals surface area (Å²) >= 11 is 0. The number of H-pyrrole nitrogens is 1. The smallest absolute Gasteiger partial charge is 0.205 e. The molecule has 0 unspecified atom stereocenters. The Morgan fingerprint density at radius 1 is 0.968 bits per heavy atom. The highest BCUT2D eigenvalue weighted by Gasteiger charge is 2.16. The molecule has 2 aromatic carbocycles. The highest BCUT2D eigenvalue weighted by Crippen LogP contribution is 2.30. The Labute approximate surface area is 180 Å². The van der Waals surface area contributed by atoms with Gasteiger partial charge in [-0.15, -0.1) is 10.2 Å². The predicted molar refractivity (Wildman–Crippen MR) is 117 cm³/mol. The molecule has 3 N–H and O–H groups in total. The van der Waals surface area contributed by atoms with Crippen molar-refractivity contribution >= 4 is 0 Å². The first-order valence-corrected chi connectivity index (χ1v) is 10.5. The summed E-state index contributed by atoms with van der Waals surface area (Å²) in [4.78, 5) is 4.44. The van der Waals surface area contributed by atoms with E-state index in [1.165, 1.54) is 0 Å². The first-order valence-electron chi connectivity index (χ1n) is 10.5. The fourth-order valence-corrected chi connectivity index (χ4v) is 3.83. The van der Waals surface area contributed by atoms with Crippen LogP contribution >= 0.6 is 0 Å². The number of nitrogens with one attached hydrogen (secondary N) is 1. The lowest BCUT2D eigenvalue weighted by molar-refractivity contribution is 0.263. The average molecular weight is 419 g/mol. The van der Waals surface area contributed by atoms with Crippen LogP contribution in [-0.4, -0.2) is 40.4 Å². The second-order valence-electron chi connectivity index (χ2n) is 7.41. The third kappa shape index (κ3) is 4.40. The zero-order chi connectivity index (χ0) is 21.6. The lowest BCUT2D eigenvalue weighted by atomic mass is 9.98. The van der Waals surface area contributed by atoms with Crippen molar-refractivity contribution in [1.82, 2.24) is 30.2 Å². The van der Waals surface area contributed by atoms with E-state index in [1.54, 1.807) is 0 Å². The maximum absolute atomic E-state index is 9.78. The number of unbranched alkanes of at least 4 members (excludes halogenated alkanes) is 1. The molecule has 0 bridgehead atoms. The number of benzene rings is 2. The normalized spacial score (nSPS) is 11.2. The second kappa shape index (κ2) is 9.63. The summed E-state index contributed by atoms with van der Waals surface area (Å²) in [7, 11) is 0. The molecule has 0 radical (unpaired) electrons. The summed E-state index contributed by atoms with van der Waals surface area (Å²) in [5, 5.41) is 33.9. The number of aromatic nitrogens is 6. The van der Waals surface area contributed by atoms with Gasteiger partial charge in [0.1, 0.15) is 12.4 Å². The Kier molecular flexibility index (Phi) is 6.49. The first kappa shape index (κ1) is 20.9. The van der Waals surface area contributed by atoms with Gasteiger partial charge in [-0.1, -0.05) is 61.9 Å². The van der Waals surface area contributed by atoms with Gasteiger partial charge in [-0.2, -0.15) is 5.21 Å². The SMILES string of the molecule is CCCCc1c(CO)nc(CO)n1Cc1ccc(-c2ccccc2-c2nn[nH]n2)cc1. The molecular weight excluding hydrogens is 392 g/mol. The van der Waals surface area contributed by atoms with Crippen LogP contribution in [0.4, 0.5) is 0 Å². The van der Waals surface area contributed by atoms with Crippen molar-refractivity contribution in [3.05, 3.63) is 71.3 Å². The summed E-state index contributed by atoms with van der Waals surface area (Å²) in [5.74, 6) is 1.14. The molecule has 2 heterocycles. The number of imidazole rings is 1. The topological polar surface area (TPSA) is 113 Å². The van der Waals surface area contributed by atoms with E-state index in [2.05, 4.69) is 56.8 Å². The molecule has 0 fully saturated rings. The maximum Gasteiger partial charge on any atom is 0.205 e. The van der Waals surface area contributed by atoms with Crippen LogP contribution in [0.5, 0.6) is 0 Å². The van der Waals surface area contributed by atoms with E-state index >= 15 is 0 Å². The van der Waals surface area contributed by atoms with E-state index in [0.717, 1.165) is 47.2 Å². The standard InChI is InChI=1S/C23H26N6O2/c1-2-3-8-21-20(14-30)24-22(15-31)29(21)13-16-9-11-17(12-10-16)18-6-4-5-7-19(18)23-25-27-28-26-23/h4-7,9-12,30-31H,2-3,8,13-15H2,1H3,(H,25,26,27,28). The van der Waals surface area contributed by atoms with Crippen LogP contribution in [0.15, 0.2) is 48.5 Å². The zero-order valence-corrected chi connectivity index (χ0v) is 17.5. The number of aliphatic hydroxyl groups is 2. The molecule has 2 aromatic heterocycles. The van der Waals surface area contributed by atoms with E-state index in [4.69, 9.17) is 0 Å². The van der Waals surface area contributed by atoms with E-state index in [9.17, 15) is 10.2 Å². The fourth-order valence-electron chi connectivity index (χ4n) is 3.83. The van der Waals surface area contributed by atoms with Crippen LogP contribution in [0.2, 0.25) is 0 Å². The molecule has 31 heavy (non-hydrogen) atoms. The van der Waals surface area contributed by atoms with Crippen molar-refractivity contribution in [3.63, 3.8) is 0 Å². The summed E-state index contributed by atoms with van der Waals surface area (Å²) in [6.45, 7) is 2.45. The van der Waals surface area contributed by atoms with E-state index in [1.807, 2.05) is 28.8 Å². The lowest BCUT2D eigenvalue weighted by Gasteiger charge is -2.13. The molecule has 0 saturated carbocycles. The maximum atomic E-state index is 9.78. The zero-order valence-electron chi connectivity index (χ0n) is 17.5. The number of hydrogen-bond acceptors (Lipinski definition) is 6. The number of nitrogens with zero attached hydrogens (tertiary/aromatic N) is 5. The molecule has 0 atom stereocenters. The van der Waals surface area contributed by atoms with Crippen LogP contribution in [0.1, 0.15) is 42.5 Å². The lowest BCUT2D eigenvalue weighted by Crippen LogP contribution is -2.09. The molecule has 160 valence electrons. The van der Waals surface area contributed by atoms with Crippen molar-refractivity contribution in [1.29, 1.82) is 0 Å². The Bertz CT molecular complexity index is 1120. The van der Waals surface area contributed by atoms with Crippen molar-refractivity contribution in [2.45, 2.75) is 45.9 Å². The van der Waals surface area contributed by atoms with Gasteiger partial charge in [0.05, 0.1) is 12.3 Å². The summed E-state index contributed by atoms with van der Waals surface area (Å²) in [5.41, 5.74) is 5.74. The first-order chi connectivity index (χ1) is 15.2. The van der Waals surface area contributed by atoms with Crippen LogP contribution in [0.3, 0.4) is 0 Å². The summed E-state index contributed by atoms with van der Waals surface area (Å²) in [6, 6.07) is 16.3. The number of hydrogen-bond donors (Lipinski definition) is 3. The number of aromatic amines is 1. The van der Waals surface area contributed by atoms with Gasteiger partial charge in [-0.3, -0.25) is 0 Å². The Hall–Kier alpha value is -3.36. The van der Waals surface area contributed by atoms with Gasteiger partial charge in [-0.25, -0.2) is 4.98 Å². The van der Waals surface area contributed by atoms with Gasteiger partial charge in [-0.05, 0) is 34.7 Å². The molecule has 0 saturated heterocycles. The van der Waals surface area contributed by atoms with Crippen molar-refractivity contribution in [3.8, 4) is 22.5 Å². The van der Waals surface area contributed by atoms with Gasteiger partial charge < -0.3 is 14.8 Å². The molecule has 0 aliphatic carbocycles. The molecule has 0 amide bonds. The second-order valence-corrected chi connectivity index (χ2v) is 7.41. The largest absolute Gasteiger partial charge is 0.390 e.